The second kappa shape index (κ2) is 7.67. The van der Waals surface area contributed by atoms with Gasteiger partial charge in [-0.15, -0.1) is 5.10 Å². The predicted molar refractivity (Wildman–Crippen MR) is 96.1 cm³/mol. The molecule has 2 aromatic heterocycles. The number of aryl methyl sites for hydroxylation is 1. The molecule has 2 N–H and O–H groups in total. The van der Waals surface area contributed by atoms with Gasteiger partial charge < -0.3 is 9.73 Å². The number of carbonyl (C=O) groups excluding carboxylic acids is 1. The summed E-state index contributed by atoms with van der Waals surface area (Å²) in [7, 11) is 0. The van der Waals surface area contributed by atoms with Crippen molar-refractivity contribution < 1.29 is 9.21 Å². The maximum Gasteiger partial charge on any atom is 0.291 e. The van der Waals surface area contributed by atoms with Crippen LogP contribution in [-0.2, 0) is 12.2 Å². The van der Waals surface area contributed by atoms with Crippen molar-refractivity contribution in [2.75, 3.05) is 5.32 Å². The fourth-order valence-electron chi connectivity index (χ4n) is 1.96. The number of rotatable bonds is 6. The van der Waals surface area contributed by atoms with E-state index in [2.05, 4.69) is 36.4 Å². The number of aromatic amines is 1. The molecule has 3 aromatic rings. The summed E-state index contributed by atoms with van der Waals surface area (Å²) in [5.74, 6) is 1.63. The summed E-state index contributed by atoms with van der Waals surface area (Å²) in [5.41, 5.74) is 1.84. The number of aromatic nitrogens is 3. The van der Waals surface area contributed by atoms with E-state index in [9.17, 15) is 4.79 Å². The van der Waals surface area contributed by atoms with Gasteiger partial charge in [-0.1, -0.05) is 30.8 Å². The normalized spacial score (nSPS) is 10.8. The van der Waals surface area contributed by atoms with Crippen LogP contribution in [-0.4, -0.2) is 21.1 Å². The van der Waals surface area contributed by atoms with Crippen molar-refractivity contribution in [3.05, 3.63) is 58.2 Å². The van der Waals surface area contributed by atoms with E-state index >= 15 is 0 Å². The van der Waals surface area contributed by atoms with E-state index in [1.807, 2.05) is 31.2 Å². The van der Waals surface area contributed by atoms with Gasteiger partial charge in [0.2, 0.25) is 5.16 Å². The summed E-state index contributed by atoms with van der Waals surface area (Å²) >= 11 is 4.74. The largest absolute Gasteiger partial charge is 0.444 e. The van der Waals surface area contributed by atoms with Crippen molar-refractivity contribution in [2.24, 2.45) is 0 Å². The number of nitrogens with one attached hydrogen (secondary N) is 2. The second-order valence-corrected chi connectivity index (χ2v) is 6.69. The van der Waals surface area contributed by atoms with Gasteiger partial charge in [0.15, 0.2) is 10.4 Å². The Balaban J connectivity index is 1.55. The fourth-order valence-corrected chi connectivity index (χ4v) is 3.04. The summed E-state index contributed by atoms with van der Waals surface area (Å²) in [4.78, 5) is 16.4. The summed E-state index contributed by atoms with van der Waals surface area (Å²) in [5, 5.41) is 10.6. The van der Waals surface area contributed by atoms with Crippen LogP contribution in [0.15, 0.2) is 50.6 Å². The Labute approximate surface area is 151 Å². The smallest absolute Gasteiger partial charge is 0.291 e. The van der Waals surface area contributed by atoms with Crippen molar-refractivity contribution in [3.63, 3.8) is 0 Å². The van der Waals surface area contributed by atoms with Crippen molar-refractivity contribution in [1.29, 1.82) is 0 Å². The molecule has 0 radical (unpaired) electrons. The summed E-state index contributed by atoms with van der Waals surface area (Å²) in [6.45, 7) is 2.03. The Morgan fingerprint density at radius 1 is 1.29 bits per heavy atom. The number of anilines is 1. The van der Waals surface area contributed by atoms with Crippen molar-refractivity contribution in [3.8, 4) is 0 Å². The van der Waals surface area contributed by atoms with Crippen LogP contribution in [0.3, 0.4) is 0 Å². The first-order valence-electron chi connectivity index (χ1n) is 7.33. The van der Waals surface area contributed by atoms with E-state index in [0.717, 1.165) is 28.7 Å². The minimum absolute atomic E-state index is 0.262. The summed E-state index contributed by atoms with van der Waals surface area (Å²) in [6, 6.07) is 11.0. The van der Waals surface area contributed by atoms with E-state index < -0.39 is 0 Å². The van der Waals surface area contributed by atoms with Crippen molar-refractivity contribution in [1.82, 2.24) is 15.2 Å². The van der Waals surface area contributed by atoms with Crippen molar-refractivity contribution in [2.45, 2.75) is 24.3 Å². The van der Waals surface area contributed by atoms with Gasteiger partial charge in [0.1, 0.15) is 5.82 Å². The second-order valence-electron chi connectivity index (χ2n) is 4.96. The number of amides is 1. The first kappa shape index (κ1) is 16.8. The first-order valence-corrected chi connectivity index (χ1v) is 9.11. The average molecular weight is 407 g/mol. The van der Waals surface area contributed by atoms with Gasteiger partial charge in [-0.3, -0.25) is 9.89 Å². The van der Waals surface area contributed by atoms with Crippen LogP contribution in [0.4, 0.5) is 5.69 Å². The van der Waals surface area contributed by atoms with Gasteiger partial charge >= 0.3 is 0 Å². The van der Waals surface area contributed by atoms with Gasteiger partial charge in [0.05, 0.1) is 0 Å². The zero-order chi connectivity index (χ0) is 16.9. The first-order chi connectivity index (χ1) is 11.6. The molecular formula is C16H15BrN4O2S. The molecule has 2 heterocycles. The molecule has 0 spiro atoms. The Morgan fingerprint density at radius 3 is 2.71 bits per heavy atom. The fraction of sp³-hybridized carbons (Fsp3) is 0.188. The number of halogens is 1. The Hall–Kier alpha value is -2.06. The van der Waals surface area contributed by atoms with Gasteiger partial charge in [0.25, 0.3) is 5.91 Å². The molecule has 1 amide bonds. The number of hydrogen-bond donors (Lipinski definition) is 2. The van der Waals surface area contributed by atoms with E-state index in [-0.39, 0.29) is 11.7 Å². The highest BCUT2D eigenvalue weighted by Gasteiger charge is 2.10. The van der Waals surface area contributed by atoms with Crippen LogP contribution in [0.5, 0.6) is 0 Å². The number of nitrogens with zero attached hydrogens (tertiary/aromatic N) is 2. The van der Waals surface area contributed by atoms with Crippen LogP contribution in [0.2, 0.25) is 0 Å². The lowest BCUT2D eigenvalue weighted by atomic mass is 10.2. The van der Waals surface area contributed by atoms with Gasteiger partial charge in [-0.25, -0.2) is 4.98 Å². The third kappa shape index (κ3) is 4.27. The Kier molecular flexibility index (Phi) is 5.37. The number of hydrogen-bond acceptors (Lipinski definition) is 5. The third-order valence-corrected chi connectivity index (χ3v) is 4.57. The molecule has 8 heteroatoms. The highest BCUT2D eigenvalue weighted by Crippen LogP contribution is 2.21. The van der Waals surface area contributed by atoms with Crippen LogP contribution >= 0.6 is 27.7 Å². The minimum Gasteiger partial charge on any atom is -0.444 e. The molecule has 0 atom stereocenters. The van der Waals surface area contributed by atoms with E-state index in [0.29, 0.717) is 10.4 Å². The zero-order valence-corrected chi connectivity index (χ0v) is 15.3. The maximum atomic E-state index is 12.0. The quantitative estimate of drug-likeness (QED) is 0.597. The predicted octanol–water partition coefficient (Wildman–Crippen LogP) is 4.27. The molecule has 0 saturated heterocycles. The summed E-state index contributed by atoms with van der Waals surface area (Å²) < 4.78 is 5.75. The molecule has 3 rings (SSSR count). The monoisotopic (exact) mass is 406 g/mol. The molecule has 0 fully saturated rings. The van der Waals surface area contributed by atoms with Crippen LogP contribution in [0.25, 0.3) is 0 Å². The highest BCUT2D eigenvalue weighted by atomic mass is 79.9. The Morgan fingerprint density at radius 2 is 2.08 bits per heavy atom. The molecule has 124 valence electrons. The Bertz CT molecular complexity index is 829. The van der Waals surface area contributed by atoms with Gasteiger partial charge in [-0.05, 0) is 45.8 Å². The summed E-state index contributed by atoms with van der Waals surface area (Å²) in [6.07, 6.45) is 0.841. The molecule has 1 aromatic carbocycles. The number of benzene rings is 1. The molecule has 0 aliphatic rings. The average Bonchev–Trinajstić information content (AvgIpc) is 3.23. The van der Waals surface area contributed by atoms with Gasteiger partial charge in [-0.2, -0.15) is 0 Å². The SMILES string of the molecule is CCc1nc(SCc2ccc(NC(=O)c3ccc(Br)o3)cc2)n[nH]1. The molecule has 24 heavy (non-hydrogen) atoms. The molecule has 0 unspecified atom stereocenters. The highest BCUT2D eigenvalue weighted by molar-refractivity contribution is 9.10. The standard InChI is InChI=1S/C16H15BrN4O2S/c1-2-14-19-16(21-20-14)24-9-10-3-5-11(6-4-10)18-15(22)12-7-8-13(17)23-12/h3-8H,2,9H2,1H3,(H,18,22)(H,19,20,21). The lowest BCUT2D eigenvalue weighted by molar-refractivity contribution is 0.0995. The van der Waals surface area contributed by atoms with Crippen LogP contribution < -0.4 is 5.32 Å². The van der Waals surface area contributed by atoms with E-state index in [1.165, 1.54) is 0 Å². The molecule has 0 bridgehead atoms. The lowest BCUT2D eigenvalue weighted by Gasteiger charge is -2.04. The molecule has 0 aliphatic heterocycles. The lowest BCUT2D eigenvalue weighted by Crippen LogP contribution is -2.10. The number of carbonyl (C=O) groups is 1. The molecular weight excluding hydrogens is 392 g/mol. The number of H-pyrrole nitrogens is 1. The van der Waals surface area contributed by atoms with E-state index in [1.54, 1.807) is 23.9 Å². The van der Waals surface area contributed by atoms with Crippen LogP contribution in [0.1, 0.15) is 28.9 Å². The topological polar surface area (TPSA) is 83.8 Å². The molecule has 0 saturated carbocycles. The number of furan rings is 1. The van der Waals surface area contributed by atoms with Crippen molar-refractivity contribution >= 4 is 39.3 Å². The van der Waals surface area contributed by atoms with Crippen LogP contribution in [0, 0.1) is 0 Å². The number of thioether (sulfide) groups is 1. The zero-order valence-electron chi connectivity index (χ0n) is 12.9. The third-order valence-electron chi connectivity index (χ3n) is 3.22. The molecule has 6 nitrogen and oxygen atoms in total. The maximum absolute atomic E-state index is 12.0. The van der Waals surface area contributed by atoms with E-state index in [4.69, 9.17) is 4.42 Å². The minimum atomic E-state index is -0.282. The van der Waals surface area contributed by atoms with Gasteiger partial charge in [0, 0.05) is 17.9 Å². The molecule has 0 aliphatic carbocycles.